The van der Waals surface area contributed by atoms with Crippen molar-refractivity contribution in [1.29, 1.82) is 0 Å². The van der Waals surface area contributed by atoms with E-state index in [9.17, 15) is 31.9 Å². The number of nitrogens with zero attached hydrogens (tertiary/aromatic N) is 3. The van der Waals surface area contributed by atoms with Crippen LogP contribution >= 0.6 is 0 Å². The van der Waals surface area contributed by atoms with Crippen LogP contribution in [0.2, 0.25) is 0 Å². The highest BCUT2D eigenvalue weighted by molar-refractivity contribution is 6.06. The average Bonchev–Trinajstić information content (AvgIpc) is 3.44. The zero-order valence-corrected chi connectivity index (χ0v) is 22.0. The number of likely N-dealkylation sites (tertiary alicyclic amines) is 1. The van der Waals surface area contributed by atoms with Crippen LogP contribution in [0.3, 0.4) is 0 Å². The topological polar surface area (TPSA) is 104 Å². The van der Waals surface area contributed by atoms with Gasteiger partial charge in [-0.15, -0.1) is 0 Å². The van der Waals surface area contributed by atoms with Gasteiger partial charge >= 0.3 is 6.18 Å². The molecule has 6 rings (SSSR count). The van der Waals surface area contributed by atoms with Crippen molar-refractivity contribution < 1.29 is 31.9 Å². The fourth-order valence-corrected chi connectivity index (χ4v) is 6.68. The normalized spacial score (nSPS) is 28.6. The predicted octanol–water partition coefficient (Wildman–Crippen LogP) is 3.63. The first-order valence-corrected chi connectivity index (χ1v) is 13.4. The van der Waals surface area contributed by atoms with E-state index in [2.05, 4.69) is 20.6 Å². The second-order valence-corrected chi connectivity index (χ2v) is 11.2. The first-order chi connectivity index (χ1) is 19.4. The molecule has 4 aliphatic rings. The van der Waals surface area contributed by atoms with E-state index in [1.165, 1.54) is 12.3 Å². The lowest BCUT2D eigenvalue weighted by atomic mass is 9.75. The van der Waals surface area contributed by atoms with Crippen LogP contribution in [0.4, 0.5) is 23.4 Å². The summed E-state index contributed by atoms with van der Waals surface area (Å²) < 4.78 is 54.3. The minimum atomic E-state index is -4.59. The van der Waals surface area contributed by atoms with Gasteiger partial charge in [-0.1, -0.05) is 24.3 Å². The van der Waals surface area contributed by atoms with Gasteiger partial charge in [0.2, 0.25) is 11.8 Å². The summed E-state index contributed by atoms with van der Waals surface area (Å²) in [6, 6.07) is 1.03. The number of carbonyl (C=O) groups is 3. The number of amides is 3. The highest BCUT2D eigenvalue weighted by atomic mass is 19.4. The third kappa shape index (κ3) is 4.78. The second-order valence-electron chi connectivity index (χ2n) is 11.2. The first kappa shape index (κ1) is 27.1. The number of hydrogen-bond acceptors (Lipinski definition) is 5. The molecule has 5 unspecified atom stereocenters. The molecule has 2 aliphatic carbocycles. The van der Waals surface area contributed by atoms with Crippen LogP contribution in [0.1, 0.15) is 46.9 Å². The van der Waals surface area contributed by atoms with E-state index in [0.717, 1.165) is 11.1 Å². The molecule has 3 amide bonds. The van der Waals surface area contributed by atoms with Crippen LogP contribution in [0.5, 0.6) is 0 Å². The Morgan fingerprint density at radius 3 is 2.71 bits per heavy atom. The average molecular weight is 570 g/mol. The molecule has 2 aromatic rings. The monoisotopic (exact) mass is 569 g/mol. The number of rotatable bonds is 4. The Kier molecular flexibility index (Phi) is 6.46. The van der Waals surface area contributed by atoms with E-state index in [1.807, 2.05) is 24.3 Å². The van der Waals surface area contributed by atoms with Crippen LogP contribution in [0.25, 0.3) is 0 Å². The van der Waals surface area contributed by atoms with Gasteiger partial charge in [0, 0.05) is 29.9 Å². The molecule has 4 heterocycles. The molecule has 2 aromatic heterocycles. The smallest absolute Gasteiger partial charge is 0.340 e. The molecule has 1 saturated heterocycles. The number of nitrogens with one attached hydrogen (secondary N) is 2. The molecule has 2 aliphatic heterocycles. The summed E-state index contributed by atoms with van der Waals surface area (Å²) in [5.74, 6) is -2.43. The Labute approximate surface area is 232 Å². The third-order valence-electron chi connectivity index (χ3n) is 8.74. The van der Waals surface area contributed by atoms with Gasteiger partial charge in [0.15, 0.2) is 0 Å². The van der Waals surface area contributed by atoms with Crippen molar-refractivity contribution in [2.45, 2.75) is 56.3 Å². The number of fused-ring (bicyclic) bond motifs is 3. The molecule has 214 valence electrons. The lowest BCUT2D eigenvalue weighted by molar-refractivity contribution is -0.173. The molecular formula is C29H27F4N5O3. The van der Waals surface area contributed by atoms with Crippen molar-refractivity contribution >= 4 is 23.5 Å². The molecule has 12 heteroatoms. The molecule has 41 heavy (non-hydrogen) atoms. The minimum Gasteiger partial charge on any atom is -0.340 e. The fraction of sp³-hybridized carbons (Fsp3) is 0.414. The van der Waals surface area contributed by atoms with Gasteiger partial charge < -0.3 is 15.5 Å². The maximum atomic E-state index is 14.0. The predicted molar refractivity (Wildman–Crippen MR) is 139 cm³/mol. The Morgan fingerprint density at radius 2 is 1.98 bits per heavy atom. The molecule has 0 bridgehead atoms. The largest absolute Gasteiger partial charge is 0.406 e. The van der Waals surface area contributed by atoms with Crippen LogP contribution < -0.4 is 10.6 Å². The van der Waals surface area contributed by atoms with E-state index < -0.39 is 47.9 Å². The molecule has 0 radical (unpaired) electrons. The SMILES string of the molecule is CC1C(C2C=CC=CC2)CC(NC(=O)c2cnc3c(c2)CC2(C3)C(=O)Nc3ncc(F)cc32)C(=O)N1CC(F)(F)F. The Balaban J connectivity index is 1.23. The summed E-state index contributed by atoms with van der Waals surface area (Å²) in [4.78, 5) is 48.7. The second kappa shape index (κ2) is 9.78. The van der Waals surface area contributed by atoms with E-state index in [1.54, 1.807) is 13.0 Å². The Morgan fingerprint density at radius 1 is 1.17 bits per heavy atom. The molecule has 8 nitrogen and oxygen atoms in total. The van der Waals surface area contributed by atoms with E-state index >= 15 is 0 Å². The number of halogens is 4. The number of aromatic nitrogens is 2. The Bertz CT molecular complexity index is 1510. The van der Waals surface area contributed by atoms with Crippen molar-refractivity contribution in [3.8, 4) is 0 Å². The highest BCUT2D eigenvalue weighted by Gasteiger charge is 2.52. The number of anilines is 1. The van der Waals surface area contributed by atoms with Gasteiger partial charge in [0.25, 0.3) is 5.91 Å². The van der Waals surface area contributed by atoms with Crippen LogP contribution in [0, 0.1) is 17.7 Å². The molecular weight excluding hydrogens is 542 g/mol. The minimum absolute atomic E-state index is 0.0733. The van der Waals surface area contributed by atoms with Gasteiger partial charge in [0.05, 0.1) is 17.2 Å². The van der Waals surface area contributed by atoms with Crippen molar-refractivity contribution in [2.24, 2.45) is 11.8 Å². The summed E-state index contributed by atoms with van der Waals surface area (Å²) in [5.41, 5.74) is 0.630. The van der Waals surface area contributed by atoms with E-state index in [-0.39, 0.29) is 48.4 Å². The summed E-state index contributed by atoms with van der Waals surface area (Å²) in [6.07, 6.45) is 6.53. The lowest BCUT2D eigenvalue weighted by Crippen LogP contribution is -2.61. The van der Waals surface area contributed by atoms with Crippen molar-refractivity contribution in [3.63, 3.8) is 0 Å². The molecule has 1 fully saturated rings. The van der Waals surface area contributed by atoms with Gasteiger partial charge in [0.1, 0.15) is 24.2 Å². The number of allylic oxidation sites excluding steroid dienone is 4. The third-order valence-corrected chi connectivity index (χ3v) is 8.74. The fourth-order valence-electron chi connectivity index (χ4n) is 6.68. The van der Waals surface area contributed by atoms with Crippen LogP contribution in [0.15, 0.2) is 48.8 Å². The zero-order valence-electron chi connectivity index (χ0n) is 22.0. The summed E-state index contributed by atoms with van der Waals surface area (Å²) in [7, 11) is 0. The van der Waals surface area contributed by atoms with Crippen LogP contribution in [-0.4, -0.2) is 57.4 Å². The summed E-state index contributed by atoms with van der Waals surface area (Å²) >= 11 is 0. The number of hydrogen-bond donors (Lipinski definition) is 2. The molecule has 1 spiro atoms. The maximum absolute atomic E-state index is 14.0. The molecule has 0 aromatic carbocycles. The number of pyridine rings is 2. The Hall–Kier alpha value is -4.09. The lowest BCUT2D eigenvalue weighted by Gasteiger charge is -2.45. The van der Waals surface area contributed by atoms with Gasteiger partial charge in [-0.3, -0.25) is 19.4 Å². The summed E-state index contributed by atoms with van der Waals surface area (Å²) in [5, 5.41) is 5.34. The molecule has 0 saturated carbocycles. The summed E-state index contributed by atoms with van der Waals surface area (Å²) in [6.45, 7) is 0.223. The molecule has 2 N–H and O–H groups in total. The van der Waals surface area contributed by atoms with Crippen LogP contribution in [-0.2, 0) is 27.8 Å². The highest BCUT2D eigenvalue weighted by Crippen LogP contribution is 2.46. The number of carbonyl (C=O) groups excluding carboxylic acids is 3. The van der Waals surface area contributed by atoms with Crippen molar-refractivity contribution in [2.75, 3.05) is 11.9 Å². The zero-order chi connectivity index (χ0) is 29.1. The standard InChI is InChI=1S/C29H27F4N5O3/c1-15-20(16-5-3-2-4-6-16)9-22(26(40)38(15)14-29(31,32)33)36-25(39)18-7-17-10-28(11-23(17)34-12-18)21-8-19(30)13-35-24(21)37-27(28)41/h2-5,7-8,12-13,15-16,20,22H,6,9-11,14H2,1H3,(H,36,39)(H,35,37,41). The van der Waals surface area contributed by atoms with Gasteiger partial charge in [-0.2, -0.15) is 13.2 Å². The van der Waals surface area contributed by atoms with Gasteiger partial charge in [-0.25, -0.2) is 9.37 Å². The number of alkyl halides is 3. The van der Waals surface area contributed by atoms with Crippen molar-refractivity contribution in [1.82, 2.24) is 20.2 Å². The quantitative estimate of drug-likeness (QED) is 0.548. The van der Waals surface area contributed by atoms with Crippen molar-refractivity contribution in [3.05, 3.63) is 77.0 Å². The number of piperidine rings is 1. The van der Waals surface area contributed by atoms with E-state index in [0.29, 0.717) is 23.2 Å². The molecule has 5 atom stereocenters. The maximum Gasteiger partial charge on any atom is 0.406 e. The van der Waals surface area contributed by atoms with Gasteiger partial charge in [-0.05, 0) is 55.7 Å². The first-order valence-electron chi connectivity index (χ1n) is 13.4. The van der Waals surface area contributed by atoms with E-state index in [4.69, 9.17) is 0 Å².